The van der Waals surface area contributed by atoms with Crippen LogP contribution in [0.15, 0.2) is 47.4 Å². The first-order valence-corrected chi connectivity index (χ1v) is 11.5. The first kappa shape index (κ1) is 23.4. The van der Waals surface area contributed by atoms with Crippen LogP contribution in [0.4, 0.5) is 11.4 Å². The molecule has 0 bridgehead atoms. The van der Waals surface area contributed by atoms with Crippen molar-refractivity contribution in [3.63, 3.8) is 0 Å². The summed E-state index contributed by atoms with van der Waals surface area (Å²) in [6.45, 7) is 3.31. The molecular weight excluding hydrogens is 434 g/mol. The maximum absolute atomic E-state index is 12.6. The van der Waals surface area contributed by atoms with Gasteiger partial charge in [0.2, 0.25) is 21.8 Å². The van der Waals surface area contributed by atoms with Gasteiger partial charge in [-0.2, -0.15) is 0 Å². The molecule has 0 spiro atoms. The molecule has 0 aromatic heterocycles. The number of carbonyl (C=O) groups is 3. The molecule has 1 unspecified atom stereocenters. The van der Waals surface area contributed by atoms with Crippen LogP contribution in [0.2, 0.25) is 0 Å². The Labute approximate surface area is 186 Å². The van der Waals surface area contributed by atoms with E-state index >= 15 is 0 Å². The van der Waals surface area contributed by atoms with E-state index in [1.165, 1.54) is 32.2 Å². The smallest absolute Gasteiger partial charge is 0.337 e. The van der Waals surface area contributed by atoms with Crippen molar-refractivity contribution < 1.29 is 27.5 Å². The number of sulfonamides is 1. The number of ether oxygens (including phenoxy) is 1. The quantitative estimate of drug-likeness (QED) is 0.612. The number of hydrogen-bond acceptors (Lipinski definition) is 6. The number of anilines is 2. The summed E-state index contributed by atoms with van der Waals surface area (Å²) in [6, 6.07) is 10.8. The van der Waals surface area contributed by atoms with E-state index in [0.717, 1.165) is 11.3 Å². The third-order valence-electron chi connectivity index (χ3n) is 5.15. The highest BCUT2D eigenvalue weighted by molar-refractivity contribution is 7.89. The minimum atomic E-state index is -3.81. The van der Waals surface area contributed by atoms with Crippen molar-refractivity contribution >= 4 is 39.2 Å². The van der Waals surface area contributed by atoms with E-state index < -0.39 is 16.0 Å². The van der Waals surface area contributed by atoms with Crippen molar-refractivity contribution in [2.24, 2.45) is 0 Å². The topological polar surface area (TPSA) is 122 Å². The van der Waals surface area contributed by atoms with Gasteiger partial charge in [0, 0.05) is 37.3 Å². The number of fused-ring (bicyclic) bond motifs is 1. The van der Waals surface area contributed by atoms with Gasteiger partial charge in [0.05, 0.1) is 17.6 Å². The van der Waals surface area contributed by atoms with E-state index in [-0.39, 0.29) is 35.7 Å². The second kappa shape index (κ2) is 9.49. The Bertz CT molecular complexity index is 1140. The van der Waals surface area contributed by atoms with Crippen LogP contribution >= 0.6 is 0 Å². The lowest BCUT2D eigenvalue weighted by atomic mass is 10.1. The SMILES string of the molecule is COC(=O)c1ccc(NC(=O)CCNS(=O)(=O)c2ccc3c(c2)CC(C)N3C(C)=O)cc1. The van der Waals surface area contributed by atoms with Gasteiger partial charge in [-0.25, -0.2) is 17.9 Å². The highest BCUT2D eigenvalue weighted by Crippen LogP contribution is 2.33. The third kappa shape index (κ3) is 5.14. The fourth-order valence-corrected chi connectivity index (χ4v) is 4.75. The van der Waals surface area contributed by atoms with Crippen molar-refractivity contribution in [2.75, 3.05) is 23.9 Å². The average molecular weight is 460 g/mol. The zero-order valence-corrected chi connectivity index (χ0v) is 18.9. The number of benzene rings is 2. The minimum Gasteiger partial charge on any atom is -0.465 e. The van der Waals surface area contributed by atoms with Crippen LogP contribution in [-0.4, -0.2) is 45.9 Å². The van der Waals surface area contributed by atoms with E-state index in [9.17, 15) is 22.8 Å². The number of amides is 2. The molecule has 32 heavy (non-hydrogen) atoms. The second-order valence-electron chi connectivity index (χ2n) is 7.50. The lowest BCUT2D eigenvalue weighted by molar-refractivity contribution is -0.117. The highest BCUT2D eigenvalue weighted by Gasteiger charge is 2.30. The number of methoxy groups -OCH3 is 1. The normalized spacial score (nSPS) is 15.2. The number of nitrogens with one attached hydrogen (secondary N) is 2. The molecule has 0 saturated carbocycles. The molecule has 0 aliphatic carbocycles. The number of esters is 1. The molecule has 0 saturated heterocycles. The van der Waals surface area contributed by atoms with Crippen LogP contribution in [0.1, 0.15) is 36.2 Å². The Morgan fingerprint density at radius 3 is 2.44 bits per heavy atom. The Balaban J connectivity index is 1.57. The van der Waals surface area contributed by atoms with E-state index in [1.807, 2.05) is 6.92 Å². The predicted molar refractivity (Wildman–Crippen MR) is 119 cm³/mol. The van der Waals surface area contributed by atoms with Gasteiger partial charge in [0.1, 0.15) is 0 Å². The summed E-state index contributed by atoms with van der Waals surface area (Å²) in [7, 11) is -2.53. The molecular formula is C22H25N3O6S. The van der Waals surface area contributed by atoms with Crippen molar-refractivity contribution in [2.45, 2.75) is 37.6 Å². The van der Waals surface area contributed by atoms with E-state index in [2.05, 4.69) is 14.8 Å². The van der Waals surface area contributed by atoms with Gasteiger partial charge in [-0.3, -0.25) is 9.59 Å². The molecule has 2 aromatic carbocycles. The van der Waals surface area contributed by atoms with Gasteiger partial charge >= 0.3 is 5.97 Å². The Morgan fingerprint density at radius 1 is 1.12 bits per heavy atom. The summed E-state index contributed by atoms with van der Waals surface area (Å²) in [6.07, 6.45) is 0.507. The van der Waals surface area contributed by atoms with Gasteiger partial charge in [-0.1, -0.05) is 0 Å². The number of nitrogens with zero attached hydrogens (tertiary/aromatic N) is 1. The lowest BCUT2D eigenvalue weighted by Crippen LogP contribution is -2.33. The highest BCUT2D eigenvalue weighted by atomic mass is 32.2. The number of carbonyl (C=O) groups excluding carboxylic acids is 3. The largest absolute Gasteiger partial charge is 0.465 e. The van der Waals surface area contributed by atoms with E-state index in [1.54, 1.807) is 29.2 Å². The first-order chi connectivity index (χ1) is 15.1. The third-order valence-corrected chi connectivity index (χ3v) is 6.61. The van der Waals surface area contributed by atoms with Crippen LogP contribution in [0, 0.1) is 0 Å². The van der Waals surface area contributed by atoms with Gasteiger partial charge in [-0.05, 0) is 61.4 Å². The van der Waals surface area contributed by atoms with Gasteiger partial charge in [0.15, 0.2) is 0 Å². The monoisotopic (exact) mass is 459 g/mol. The molecule has 1 atom stereocenters. The molecule has 2 aromatic rings. The summed E-state index contributed by atoms with van der Waals surface area (Å²) >= 11 is 0. The fraction of sp³-hybridized carbons (Fsp3) is 0.318. The summed E-state index contributed by atoms with van der Waals surface area (Å²) in [5.41, 5.74) is 2.35. The molecule has 3 rings (SSSR count). The minimum absolute atomic E-state index is 0.0289. The fourth-order valence-electron chi connectivity index (χ4n) is 3.67. The predicted octanol–water partition coefficient (Wildman–Crippen LogP) is 2.08. The zero-order valence-electron chi connectivity index (χ0n) is 18.0. The van der Waals surface area contributed by atoms with Crippen molar-refractivity contribution in [1.82, 2.24) is 4.72 Å². The zero-order chi connectivity index (χ0) is 23.5. The lowest BCUT2D eigenvalue weighted by Gasteiger charge is -2.20. The van der Waals surface area contributed by atoms with Crippen molar-refractivity contribution in [3.8, 4) is 0 Å². The molecule has 170 valence electrons. The number of rotatable bonds is 7. The molecule has 1 aliphatic rings. The van der Waals surface area contributed by atoms with Crippen LogP contribution in [0.5, 0.6) is 0 Å². The van der Waals surface area contributed by atoms with Crippen molar-refractivity contribution in [1.29, 1.82) is 0 Å². The maximum Gasteiger partial charge on any atom is 0.337 e. The number of hydrogen-bond donors (Lipinski definition) is 2. The summed E-state index contributed by atoms with van der Waals surface area (Å²) in [4.78, 5) is 37.1. The Hall–Kier alpha value is -3.24. The van der Waals surface area contributed by atoms with Crippen molar-refractivity contribution in [3.05, 3.63) is 53.6 Å². The Morgan fingerprint density at radius 2 is 1.81 bits per heavy atom. The first-order valence-electron chi connectivity index (χ1n) is 10.0. The summed E-state index contributed by atoms with van der Waals surface area (Å²) < 4.78 is 32.3. The molecule has 10 heteroatoms. The van der Waals surface area contributed by atoms with Crippen LogP contribution in [0.25, 0.3) is 0 Å². The molecule has 0 fully saturated rings. The molecule has 0 radical (unpaired) electrons. The standard InChI is InChI=1S/C22H25N3O6S/c1-14-12-17-13-19(8-9-20(17)25(14)15(2)26)32(29,30)23-11-10-21(27)24-18-6-4-16(5-7-18)22(28)31-3/h4-9,13-14,23H,10-12H2,1-3H3,(H,24,27). The van der Waals surface area contributed by atoms with Gasteiger partial charge < -0.3 is 15.0 Å². The van der Waals surface area contributed by atoms with E-state index in [0.29, 0.717) is 17.7 Å². The van der Waals surface area contributed by atoms with E-state index in [4.69, 9.17) is 0 Å². The summed E-state index contributed by atoms with van der Waals surface area (Å²) in [5.74, 6) is -0.943. The van der Waals surface area contributed by atoms with Gasteiger partial charge in [0.25, 0.3) is 0 Å². The molecule has 1 aliphatic heterocycles. The maximum atomic E-state index is 12.6. The molecule has 9 nitrogen and oxygen atoms in total. The van der Waals surface area contributed by atoms with Crippen LogP contribution in [0.3, 0.4) is 0 Å². The van der Waals surface area contributed by atoms with Crippen LogP contribution in [-0.2, 0) is 30.8 Å². The van der Waals surface area contributed by atoms with Gasteiger partial charge in [-0.15, -0.1) is 0 Å². The second-order valence-corrected chi connectivity index (χ2v) is 9.26. The van der Waals surface area contributed by atoms with Crippen LogP contribution < -0.4 is 14.9 Å². The molecule has 2 N–H and O–H groups in total. The summed E-state index contributed by atoms with van der Waals surface area (Å²) in [5, 5.41) is 2.64. The Kier molecular flexibility index (Phi) is 6.95. The molecule has 2 amide bonds. The molecule has 1 heterocycles. The average Bonchev–Trinajstić information content (AvgIpc) is 3.08.